The molecule has 0 aliphatic carbocycles. The van der Waals surface area contributed by atoms with Crippen LogP contribution in [0.1, 0.15) is 13.3 Å². The molecule has 5 nitrogen and oxygen atoms in total. The summed E-state index contributed by atoms with van der Waals surface area (Å²) in [5, 5.41) is 0. The van der Waals surface area contributed by atoms with Gasteiger partial charge in [-0.2, -0.15) is 8.42 Å². The molecule has 0 saturated heterocycles. The van der Waals surface area contributed by atoms with Crippen LogP contribution < -0.4 is 11.5 Å². The Labute approximate surface area is 60.1 Å². The number of rotatable bonds is 3. The molecule has 0 bridgehead atoms. The van der Waals surface area contributed by atoms with Gasteiger partial charge in [0.05, 0.1) is 0 Å². The third-order valence-electron chi connectivity index (χ3n) is 1.23. The Morgan fingerprint density at radius 3 is 2.10 bits per heavy atom. The predicted octanol–water partition coefficient (Wildman–Crippen LogP) is -1.10. The van der Waals surface area contributed by atoms with Crippen molar-refractivity contribution in [1.29, 1.82) is 0 Å². The summed E-state index contributed by atoms with van der Waals surface area (Å²) >= 11 is 0. The van der Waals surface area contributed by atoms with Gasteiger partial charge in [0.15, 0.2) is 0 Å². The molecule has 6 heteroatoms. The van der Waals surface area contributed by atoms with E-state index in [9.17, 15) is 8.42 Å². The second kappa shape index (κ2) is 2.83. The molecular weight excluding hydrogens is 156 g/mol. The lowest BCUT2D eigenvalue weighted by atomic mass is 10.2. The van der Waals surface area contributed by atoms with E-state index in [4.69, 9.17) is 16.0 Å². The molecule has 62 valence electrons. The highest BCUT2D eigenvalue weighted by atomic mass is 32.2. The van der Waals surface area contributed by atoms with E-state index in [0.29, 0.717) is 0 Å². The largest absolute Gasteiger partial charge is 0.330 e. The van der Waals surface area contributed by atoms with Crippen LogP contribution in [0.2, 0.25) is 0 Å². The monoisotopic (exact) mass is 168 g/mol. The first-order chi connectivity index (χ1) is 4.31. The smallest absolute Gasteiger partial charge is 0.283 e. The Balaban J connectivity index is 4.42. The topological polar surface area (TPSA) is 106 Å². The average molecular weight is 168 g/mol. The highest BCUT2D eigenvalue weighted by molar-refractivity contribution is 7.87. The van der Waals surface area contributed by atoms with Gasteiger partial charge in [-0.05, 0) is 19.9 Å². The Morgan fingerprint density at radius 1 is 1.60 bits per heavy atom. The third kappa shape index (κ3) is 2.22. The van der Waals surface area contributed by atoms with E-state index in [1.54, 1.807) is 0 Å². The van der Waals surface area contributed by atoms with Crippen LogP contribution in [0.25, 0.3) is 0 Å². The molecule has 5 N–H and O–H groups in total. The first-order valence-corrected chi connectivity index (χ1v) is 4.21. The second-order valence-corrected chi connectivity index (χ2v) is 4.21. The fourth-order valence-corrected chi connectivity index (χ4v) is 0.791. The van der Waals surface area contributed by atoms with Crippen LogP contribution in [0.4, 0.5) is 0 Å². The summed E-state index contributed by atoms with van der Waals surface area (Å²) in [5.41, 5.74) is 10.2. The average Bonchev–Trinajstić information content (AvgIpc) is 1.61. The summed E-state index contributed by atoms with van der Waals surface area (Å²) in [6.45, 7) is 1.35. The quantitative estimate of drug-likeness (QED) is 0.464. The van der Waals surface area contributed by atoms with E-state index >= 15 is 0 Å². The van der Waals surface area contributed by atoms with Gasteiger partial charge in [-0.15, -0.1) is 0 Å². The molecule has 0 aromatic rings. The summed E-state index contributed by atoms with van der Waals surface area (Å²) in [4.78, 5) is -1.61. The molecular formula is C4H12N2O3S. The Kier molecular flexibility index (Phi) is 2.78. The maximum Gasteiger partial charge on any atom is 0.283 e. The lowest BCUT2D eigenvalue weighted by Gasteiger charge is -2.18. The van der Waals surface area contributed by atoms with Gasteiger partial charge in [0.2, 0.25) is 0 Å². The van der Waals surface area contributed by atoms with Gasteiger partial charge in [0, 0.05) is 0 Å². The molecule has 0 spiro atoms. The third-order valence-corrected chi connectivity index (χ3v) is 2.61. The van der Waals surface area contributed by atoms with Gasteiger partial charge in [-0.25, -0.2) is 0 Å². The van der Waals surface area contributed by atoms with E-state index in [2.05, 4.69) is 0 Å². The van der Waals surface area contributed by atoms with Crippen molar-refractivity contribution < 1.29 is 13.0 Å². The summed E-state index contributed by atoms with van der Waals surface area (Å²) in [6, 6.07) is 0. The van der Waals surface area contributed by atoms with Crippen LogP contribution in [0.5, 0.6) is 0 Å². The fraction of sp³-hybridized carbons (Fsp3) is 1.00. The molecule has 1 unspecified atom stereocenters. The summed E-state index contributed by atoms with van der Waals surface area (Å²) in [6.07, 6.45) is 0.0475. The Hall–Kier alpha value is -0.170. The van der Waals surface area contributed by atoms with Crippen molar-refractivity contribution in [1.82, 2.24) is 0 Å². The first-order valence-electron chi connectivity index (χ1n) is 2.77. The van der Waals surface area contributed by atoms with Crippen molar-refractivity contribution in [3.8, 4) is 0 Å². The predicted molar refractivity (Wildman–Crippen MR) is 37.8 cm³/mol. The summed E-state index contributed by atoms with van der Waals surface area (Å²) < 4.78 is 29.3. The normalized spacial score (nSPS) is 18.4. The highest BCUT2D eigenvalue weighted by Crippen LogP contribution is 2.10. The van der Waals surface area contributed by atoms with Crippen LogP contribution in [0, 0.1) is 0 Å². The van der Waals surface area contributed by atoms with Crippen molar-refractivity contribution in [3.05, 3.63) is 0 Å². The molecule has 0 heterocycles. The number of hydrogen-bond acceptors (Lipinski definition) is 4. The van der Waals surface area contributed by atoms with Crippen LogP contribution >= 0.6 is 0 Å². The van der Waals surface area contributed by atoms with Crippen LogP contribution in [0.3, 0.4) is 0 Å². The zero-order chi connectivity index (χ0) is 8.41. The van der Waals surface area contributed by atoms with Crippen molar-refractivity contribution in [2.24, 2.45) is 11.5 Å². The number of hydrogen-bond donors (Lipinski definition) is 3. The maximum absolute atomic E-state index is 10.4. The summed E-state index contributed by atoms with van der Waals surface area (Å²) in [5.74, 6) is 0. The van der Waals surface area contributed by atoms with E-state index in [-0.39, 0.29) is 13.0 Å². The molecule has 0 radical (unpaired) electrons. The summed E-state index contributed by atoms with van der Waals surface area (Å²) in [7, 11) is -4.17. The zero-order valence-electron chi connectivity index (χ0n) is 5.74. The SMILES string of the molecule is CC(N)(CCN)S(=O)(=O)O. The van der Waals surface area contributed by atoms with E-state index in [1.165, 1.54) is 6.92 Å². The van der Waals surface area contributed by atoms with Gasteiger partial charge < -0.3 is 11.5 Å². The minimum absolute atomic E-state index is 0.0475. The molecule has 0 aromatic carbocycles. The standard InChI is InChI=1S/C4H12N2O3S/c1-4(6,2-3-5)10(7,8)9/h2-3,5-6H2,1H3,(H,7,8,9). The van der Waals surface area contributed by atoms with E-state index in [1.807, 2.05) is 0 Å². The maximum atomic E-state index is 10.4. The lowest BCUT2D eigenvalue weighted by molar-refractivity contribution is 0.426. The van der Waals surface area contributed by atoms with Crippen molar-refractivity contribution in [2.75, 3.05) is 6.54 Å². The van der Waals surface area contributed by atoms with E-state index < -0.39 is 15.0 Å². The van der Waals surface area contributed by atoms with E-state index in [0.717, 1.165) is 0 Å². The molecule has 0 saturated carbocycles. The molecule has 1 atom stereocenters. The number of nitrogens with two attached hydrogens (primary N) is 2. The minimum atomic E-state index is -4.17. The molecule has 0 aliphatic rings. The first kappa shape index (κ1) is 9.83. The van der Waals surface area contributed by atoms with Gasteiger partial charge >= 0.3 is 0 Å². The lowest BCUT2D eigenvalue weighted by Crippen LogP contribution is -2.45. The Bertz CT molecular complexity index is 197. The van der Waals surface area contributed by atoms with Crippen LogP contribution in [0.15, 0.2) is 0 Å². The van der Waals surface area contributed by atoms with Gasteiger partial charge in [-0.3, -0.25) is 4.55 Å². The van der Waals surface area contributed by atoms with Gasteiger partial charge in [0.25, 0.3) is 10.1 Å². The minimum Gasteiger partial charge on any atom is -0.330 e. The molecule has 10 heavy (non-hydrogen) atoms. The van der Waals surface area contributed by atoms with Crippen molar-refractivity contribution >= 4 is 10.1 Å². The zero-order valence-corrected chi connectivity index (χ0v) is 6.56. The van der Waals surface area contributed by atoms with Gasteiger partial charge in [0.1, 0.15) is 4.87 Å². The van der Waals surface area contributed by atoms with Crippen molar-refractivity contribution in [3.63, 3.8) is 0 Å². The molecule has 0 amide bonds. The molecule has 0 rings (SSSR count). The van der Waals surface area contributed by atoms with Crippen LogP contribution in [-0.4, -0.2) is 24.4 Å². The van der Waals surface area contributed by atoms with Gasteiger partial charge in [-0.1, -0.05) is 0 Å². The van der Waals surface area contributed by atoms with Crippen LogP contribution in [-0.2, 0) is 10.1 Å². The molecule has 0 fully saturated rings. The fourth-order valence-electron chi connectivity index (χ4n) is 0.416. The highest BCUT2D eigenvalue weighted by Gasteiger charge is 2.31. The van der Waals surface area contributed by atoms with Crippen molar-refractivity contribution in [2.45, 2.75) is 18.2 Å². The molecule has 0 aromatic heterocycles. The second-order valence-electron chi connectivity index (χ2n) is 2.33. The Morgan fingerprint density at radius 2 is 2.00 bits per heavy atom. The molecule has 0 aliphatic heterocycles.